The predicted molar refractivity (Wildman–Crippen MR) is 95.6 cm³/mol. The molecule has 0 amide bonds. The molecule has 1 aromatic carbocycles. The summed E-state index contributed by atoms with van der Waals surface area (Å²) in [6.45, 7) is 16.4. The Hall–Kier alpha value is -0.222. The van der Waals surface area contributed by atoms with Crippen molar-refractivity contribution in [1.82, 2.24) is 0 Å². The third-order valence-corrected chi connectivity index (χ3v) is 7.30. The van der Waals surface area contributed by atoms with E-state index in [1.54, 1.807) is 9.07 Å². The molecule has 2 rings (SSSR count). The van der Waals surface area contributed by atoms with E-state index in [0.29, 0.717) is 10.8 Å². The summed E-state index contributed by atoms with van der Waals surface area (Å²) < 4.78 is 1.56. The molecule has 2 radical (unpaired) electrons. The van der Waals surface area contributed by atoms with Crippen LogP contribution in [0.5, 0.6) is 0 Å². The van der Waals surface area contributed by atoms with E-state index in [0.717, 1.165) is 0 Å². The monoisotopic (exact) mass is 390 g/mol. The molecule has 0 nitrogen and oxygen atoms in total. The van der Waals surface area contributed by atoms with Crippen molar-refractivity contribution in [2.24, 2.45) is 10.8 Å². The molecule has 0 saturated carbocycles. The van der Waals surface area contributed by atoms with Crippen LogP contribution >= 0.6 is 0 Å². The molecular formula is C20H29Sb. The van der Waals surface area contributed by atoms with E-state index in [2.05, 4.69) is 60.6 Å². The zero-order valence-electron chi connectivity index (χ0n) is 14.7. The molecular weight excluding hydrogens is 362 g/mol. The fraction of sp³-hybridized carbons (Fsp3) is 0.600. The van der Waals surface area contributed by atoms with Gasteiger partial charge in [0.2, 0.25) is 0 Å². The molecule has 0 aliphatic heterocycles. The van der Waals surface area contributed by atoms with Gasteiger partial charge in [-0.25, -0.2) is 0 Å². The first-order valence-electron chi connectivity index (χ1n) is 8.11. The summed E-state index contributed by atoms with van der Waals surface area (Å²) in [5.41, 5.74) is 8.31. The SMILES string of the molecule is CCC(C)(C)CC1(C)C=Cc2c(C)c(C)c(C)[c]([Sb])c2C1. The summed E-state index contributed by atoms with van der Waals surface area (Å²) in [6, 6.07) is 0. The van der Waals surface area contributed by atoms with Crippen LogP contribution < -0.4 is 3.51 Å². The molecule has 1 aliphatic rings. The van der Waals surface area contributed by atoms with Crippen LogP contribution in [0.2, 0.25) is 0 Å². The van der Waals surface area contributed by atoms with Crippen LogP contribution in [0, 0.1) is 31.6 Å². The van der Waals surface area contributed by atoms with Gasteiger partial charge in [0.1, 0.15) is 0 Å². The number of rotatable bonds is 3. The number of fused-ring (bicyclic) bond motifs is 1. The minimum atomic E-state index is 0.305. The van der Waals surface area contributed by atoms with Gasteiger partial charge in [0.25, 0.3) is 0 Å². The van der Waals surface area contributed by atoms with Crippen molar-refractivity contribution in [3.8, 4) is 0 Å². The van der Waals surface area contributed by atoms with Crippen molar-refractivity contribution in [3.05, 3.63) is 33.9 Å². The van der Waals surface area contributed by atoms with E-state index in [9.17, 15) is 0 Å². The van der Waals surface area contributed by atoms with E-state index in [1.165, 1.54) is 41.5 Å². The molecule has 0 saturated heterocycles. The summed E-state index contributed by atoms with van der Waals surface area (Å²) in [7, 11) is 0. The molecule has 1 aromatic rings. The first-order chi connectivity index (χ1) is 9.60. The molecule has 0 spiro atoms. The van der Waals surface area contributed by atoms with Gasteiger partial charge in [-0.1, -0.05) is 0 Å². The van der Waals surface area contributed by atoms with Gasteiger partial charge >= 0.3 is 145 Å². The van der Waals surface area contributed by atoms with Gasteiger partial charge in [-0.15, -0.1) is 0 Å². The van der Waals surface area contributed by atoms with Crippen molar-refractivity contribution in [2.45, 2.75) is 67.7 Å². The van der Waals surface area contributed by atoms with Crippen LogP contribution in [0.25, 0.3) is 6.08 Å². The Kier molecular flexibility index (Phi) is 4.71. The van der Waals surface area contributed by atoms with Crippen LogP contribution in [-0.4, -0.2) is 23.0 Å². The zero-order valence-corrected chi connectivity index (χ0v) is 17.3. The normalized spacial score (nSPS) is 21.5. The fourth-order valence-corrected chi connectivity index (χ4v) is 4.78. The Morgan fingerprint density at radius 1 is 1.14 bits per heavy atom. The van der Waals surface area contributed by atoms with Crippen molar-refractivity contribution in [1.29, 1.82) is 0 Å². The van der Waals surface area contributed by atoms with E-state index < -0.39 is 0 Å². The van der Waals surface area contributed by atoms with Crippen LogP contribution in [0.15, 0.2) is 6.08 Å². The predicted octanol–water partition coefficient (Wildman–Crippen LogP) is 4.81. The van der Waals surface area contributed by atoms with Gasteiger partial charge < -0.3 is 0 Å². The number of allylic oxidation sites excluding steroid dienone is 1. The first-order valence-corrected chi connectivity index (χ1v) is 9.39. The minimum absolute atomic E-state index is 0.305. The van der Waals surface area contributed by atoms with Crippen molar-refractivity contribution in [3.63, 3.8) is 0 Å². The Morgan fingerprint density at radius 3 is 2.33 bits per heavy atom. The first kappa shape index (κ1) is 17.1. The topological polar surface area (TPSA) is 0 Å². The van der Waals surface area contributed by atoms with Gasteiger partial charge in [-0.3, -0.25) is 0 Å². The number of hydrogen-bond donors (Lipinski definition) is 0. The van der Waals surface area contributed by atoms with Gasteiger partial charge in [0, 0.05) is 0 Å². The van der Waals surface area contributed by atoms with Crippen LogP contribution in [-0.2, 0) is 6.42 Å². The van der Waals surface area contributed by atoms with Gasteiger partial charge in [0.05, 0.1) is 0 Å². The molecule has 1 atom stereocenters. The molecule has 0 bridgehead atoms. The standard InChI is InChI=1S/C20H29.Sb/c1-8-19(5,6)13-20(7)10-9-18-16(4)15(3)14(2)11-17(18)12-20;/h9-10H,8,12-13H2,1-7H3;. The second-order valence-electron chi connectivity index (χ2n) is 7.97. The van der Waals surface area contributed by atoms with Gasteiger partial charge in [-0.2, -0.15) is 0 Å². The molecule has 1 heteroatoms. The summed E-state index contributed by atoms with van der Waals surface area (Å²) >= 11 is 1.90. The second-order valence-corrected chi connectivity index (χ2v) is 9.25. The average molecular weight is 391 g/mol. The third kappa shape index (κ3) is 3.26. The fourth-order valence-electron chi connectivity index (χ4n) is 3.73. The van der Waals surface area contributed by atoms with E-state index in [4.69, 9.17) is 0 Å². The van der Waals surface area contributed by atoms with Gasteiger partial charge in [0.15, 0.2) is 0 Å². The molecule has 0 fully saturated rings. The van der Waals surface area contributed by atoms with Crippen molar-refractivity contribution < 1.29 is 0 Å². The van der Waals surface area contributed by atoms with Crippen LogP contribution in [0.3, 0.4) is 0 Å². The van der Waals surface area contributed by atoms with Crippen molar-refractivity contribution >= 4 is 32.6 Å². The van der Waals surface area contributed by atoms with Crippen LogP contribution in [0.4, 0.5) is 0 Å². The Morgan fingerprint density at radius 2 is 1.76 bits per heavy atom. The van der Waals surface area contributed by atoms with Crippen molar-refractivity contribution in [2.75, 3.05) is 0 Å². The average Bonchev–Trinajstić information content (AvgIpc) is 2.42. The zero-order chi connectivity index (χ0) is 16.0. The number of hydrogen-bond acceptors (Lipinski definition) is 0. The van der Waals surface area contributed by atoms with E-state index in [-0.39, 0.29) is 0 Å². The summed E-state index contributed by atoms with van der Waals surface area (Å²) in [4.78, 5) is 0. The molecule has 114 valence electrons. The molecule has 1 unspecified atom stereocenters. The second kappa shape index (κ2) is 5.77. The van der Waals surface area contributed by atoms with Gasteiger partial charge in [-0.05, 0) is 0 Å². The molecule has 1 aliphatic carbocycles. The molecule has 0 aromatic heterocycles. The Bertz CT molecular complexity index is 593. The van der Waals surface area contributed by atoms with E-state index >= 15 is 0 Å². The summed E-state index contributed by atoms with van der Waals surface area (Å²) in [6.07, 6.45) is 8.61. The van der Waals surface area contributed by atoms with E-state index in [1.807, 2.05) is 23.0 Å². The maximum absolute atomic E-state index is 2.49. The molecule has 0 N–H and O–H groups in total. The quantitative estimate of drug-likeness (QED) is 0.649. The third-order valence-electron chi connectivity index (χ3n) is 5.57. The molecule has 21 heavy (non-hydrogen) atoms. The van der Waals surface area contributed by atoms with Crippen LogP contribution in [0.1, 0.15) is 68.4 Å². The Labute approximate surface area is 144 Å². The Balaban J connectivity index is 2.47. The maximum atomic E-state index is 2.49. The number of benzene rings is 1. The summed E-state index contributed by atoms with van der Waals surface area (Å²) in [5.74, 6) is 0. The molecule has 0 heterocycles. The summed E-state index contributed by atoms with van der Waals surface area (Å²) in [5, 5.41) is 0.